The largest absolute Gasteiger partial charge is 0.349 e. The Morgan fingerprint density at radius 1 is 1.32 bits per heavy atom. The second-order valence-corrected chi connectivity index (χ2v) is 5.25. The predicted octanol–water partition coefficient (Wildman–Crippen LogP) is 2.06. The number of carbonyl (C=O) groups is 2. The number of benzene rings is 1. The third-order valence-corrected chi connectivity index (χ3v) is 3.27. The van der Waals surface area contributed by atoms with Crippen LogP contribution in [0.25, 0.3) is 0 Å². The van der Waals surface area contributed by atoms with Crippen LogP contribution in [0.4, 0.5) is 5.69 Å². The summed E-state index contributed by atoms with van der Waals surface area (Å²) in [5, 5.41) is 2.92. The molecule has 4 heteroatoms. The molecule has 1 saturated carbocycles. The second kappa shape index (κ2) is 5.87. The van der Waals surface area contributed by atoms with E-state index in [-0.39, 0.29) is 17.7 Å². The van der Waals surface area contributed by atoms with Crippen molar-refractivity contribution in [2.75, 3.05) is 19.4 Å². The molecular weight excluding hydrogens is 240 g/mol. The van der Waals surface area contributed by atoms with Crippen LogP contribution in [0, 0.1) is 5.92 Å². The lowest BCUT2D eigenvalue weighted by Gasteiger charge is -2.10. The summed E-state index contributed by atoms with van der Waals surface area (Å²) in [6.45, 7) is 0. The highest BCUT2D eigenvalue weighted by Crippen LogP contribution is 2.30. The lowest BCUT2D eigenvalue weighted by molar-refractivity contribution is -0.128. The molecule has 1 aliphatic rings. The molecule has 0 atom stereocenters. The molecule has 102 valence electrons. The predicted molar refractivity (Wildman–Crippen MR) is 74.8 cm³/mol. The van der Waals surface area contributed by atoms with Gasteiger partial charge in [-0.15, -0.1) is 0 Å². The Labute approximate surface area is 113 Å². The summed E-state index contributed by atoms with van der Waals surface area (Å²) in [4.78, 5) is 24.8. The lowest BCUT2D eigenvalue weighted by Crippen LogP contribution is -2.21. The van der Waals surface area contributed by atoms with E-state index >= 15 is 0 Å². The summed E-state index contributed by atoms with van der Waals surface area (Å²) in [5.74, 6) is 0.438. The minimum absolute atomic E-state index is 0.113. The van der Waals surface area contributed by atoms with Gasteiger partial charge in [0.2, 0.25) is 11.8 Å². The minimum atomic E-state index is 0.113. The summed E-state index contributed by atoms with van der Waals surface area (Å²) in [6.07, 6.45) is 3.20. The van der Waals surface area contributed by atoms with E-state index in [0.29, 0.717) is 12.8 Å². The summed E-state index contributed by atoms with van der Waals surface area (Å²) < 4.78 is 0. The van der Waals surface area contributed by atoms with Gasteiger partial charge in [0, 0.05) is 32.1 Å². The van der Waals surface area contributed by atoms with Crippen molar-refractivity contribution in [3.63, 3.8) is 0 Å². The number of nitrogens with zero attached hydrogens (tertiary/aromatic N) is 1. The molecule has 1 N–H and O–H groups in total. The van der Waals surface area contributed by atoms with E-state index in [2.05, 4.69) is 5.32 Å². The van der Waals surface area contributed by atoms with Crippen LogP contribution in [0.3, 0.4) is 0 Å². The molecule has 2 amide bonds. The first kappa shape index (κ1) is 13.6. The summed E-state index contributed by atoms with van der Waals surface area (Å²) in [5.41, 5.74) is 1.90. The number of hydrogen-bond donors (Lipinski definition) is 1. The number of carbonyl (C=O) groups excluding carboxylic acids is 2. The third kappa shape index (κ3) is 4.09. The zero-order valence-corrected chi connectivity index (χ0v) is 11.5. The maximum Gasteiger partial charge on any atom is 0.227 e. The Kier molecular flexibility index (Phi) is 4.20. The van der Waals surface area contributed by atoms with Gasteiger partial charge in [-0.2, -0.15) is 0 Å². The fourth-order valence-corrected chi connectivity index (χ4v) is 1.87. The fraction of sp³-hybridized carbons (Fsp3) is 0.467. The molecule has 1 aliphatic carbocycles. The van der Waals surface area contributed by atoms with E-state index in [1.165, 1.54) is 0 Å². The average Bonchev–Trinajstić information content (AvgIpc) is 3.20. The molecule has 1 aromatic carbocycles. The molecule has 0 aromatic heterocycles. The highest BCUT2D eigenvalue weighted by molar-refractivity contribution is 5.94. The van der Waals surface area contributed by atoms with Crippen molar-refractivity contribution in [3.05, 3.63) is 29.8 Å². The minimum Gasteiger partial charge on any atom is -0.349 e. The topological polar surface area (TPSA) is 49.4 Å². The quantitative estimate of drug-likeness (QED) is 0.881. The highest BCUT2D eigenvalue weighted by Gasteiger charge is 2.29. The molecule has 0 spiro atoms. The number of rotatable bonds is 5. The van der Waals surface area contributed by atoms with E-state index < -0.39 is 0 Å². The van der Waals surface area contributed by atoms with Crippen molar-refractivity contribution in [3.8, 4) is 0 Å². The number of hydrogen-bond acceptors (Lipinski definition) is 2. The van der Waals surface area contributed by atoms with Crippen LogP contribution in [-0.4, -0.2) is 30.8 Å². The van der Waals surface area contributed by atoms with Gasteiger partial charge >= 0.3 is 0 Å². The van der Waals surface area contributed by atoms with E-state index in [4.69, 9.17) is 0 Å². The van der Waals surface area contributed by atoms with Crippen molar-refractivity contribution in [2.45, 2.75) is 25.7 Å². The first-order valence-corrected chi connectivity index (χ1v) is 6.66. The van der Waals surface area contributed by atoms with Gasteiger partial charge in [-0.3, -0.25) is 9.59 Å². The van der Waals surface area contributed by atoms with Crippen molar-refractivity contribution < 1.29 is 9.59 Å². The Morgan fingerprint density at radius 3 is 2.68 bits per heavy atom. The maximum atomic E-state index is 11.7. The molecule has 2 rings (SSSR count). The molecule has 0 saturated heterocycles. The molecule has 0 radical (unpaired) electrons. The van der Waals surface area contributed by atoms with Crippen molar-refractivity contribution >= 4 is 17.5 Å². The normalized spacial score (nSPS) is 14.0. The first-order chi connectivity index (χ1) is 9.06. The maximum absolute atomic E-state index is 11.7. The van der Waals surface area contributed by atoms with Gasteiger partial charge in [-0.25, -0.2) is 0 Å². The highest BCUT2D eigenvalue weighted by atomic mass is 16.2. The van der Waals surface area contributed by atoms with Crippen LogP contribution in [-0.2, 0) is 16.0 Å². The molecule has 1 fully saturated rings. The van der Waals surface area contributed by atoms with Crippen LogP contribution in [0.2, 0.25) is 0 Å². The van der Waals surface area contributed by atoms with Gasteiger partial charge in [0.1, 0.15) is 0 Å². The standard InChI is InChI=1S/C15H20N2O2/c1-17(2)14(18)9-6-11-4-3-5-13(10-11)16-15(19)12-7-8-12/h3-5,10,12H,6-9H2,1-2H3,(H,16,19). The Hall–Kier alpha value is -1.84. The zero-order chi connectivity index (χ0) is 13.8. The number of anilines is 1. The summed E-state index contributed by atoms with van der Waals surface area (Å²) in [6, 6.07) is 7.73. The fourth-order valence-electron chi connectivity index (χ4n) is 1.87. The van der Waals surface area contributed by atoms with Crippen LogP contribution in [0.1, 0.15) is 24.8 Å². The molecule has 4 nitrogen and oxygen atoms in total. The van der Waals surface area contributed by atoms with E-state index in [1.54, 1.807) is 19.0 Å². The Balaban J connectivity index is 1.90. The Morgan fingerprint density at radius 2 is 2.05 bits per heavy atom. The summed E-state index contributed by atoms with van der Waals surface area (Å²) in [7, 11) is 3.52. The number of aryl methyl sites for hydroxylation is 1. The van der Waals surface area contributed by atoms with Crippen LogP contribution < -0.4 is 5.32 Å². The SMILES string of the molecule is CN(C)C(=O)CCc1cccc(NC(=O)C2CC2)c1. The molecule has 19 heavy (non-hydrogen) atoms. The second-order valence-electron chi connectivity index (χ2n) is 5.25. The van der Waals surface area contributed by atoms with E-state index in [0.717, 1.165) is 24.1 Å². The first-order valence-electron chi connectivity index (χ1n) is 6.66. The molecular formula is C15H20N2O2. The third-order valence-electron chi connectivity index (χ3n) is 3.27. The monoisotopic (exact) mass is 260 g/mol. The molecule has 0 heterocycles. The van der Waals surface area contributed by atoms with Gasteiger partial charge in [-0.1, -0.05) is 12.1 Å². The lowest BCUT2D eigenvalue weighted by atomic mass is 10.1. The van der Waals surface area contributed by atoms with Crippen molar-refractivity contribution in [2.24, 2.45) is 5.92 Å². The van der Waals surface area contributed by atoms with Crippen LogP contribution in [0.15, 0.2) is 24.3 Å². The average molecular weight is 260 g/mol. The number of nitrogens with one attached hydrogen (secondary N) is 1. The van der Waals surface area contributed by atoms with Crippen molar-refractivity contribution in [1.29, 1.82) is 0 Å². The van der Waals surface area contributed by atoms with Gasteiger partial charge < -0.3 is 10.2 Å². The Bertz CT molecular complexity index is 479. The van der Waals surface area contributed by atoms with Crippen LogP contribution in [0.5, 0.6) is 0 Å². The molecule has 1 aromatic rings. The molecule has 0 aliphatic heterocycles. The smallest absolute Gasteiger partial charge is 0.227 e. The summed E-state index contributed by atoms with van der Waals surface area (Å²) >= 11 is 0. The number of amides is 2. The zero-order valence-electron chi connectivity index (χ0n) is 11.5. The molecule has 0 bridgehead atoms. The van der Waals surface area contributed by atoms with Gasteiger partial charge in [0.25, 0.3) is 0 Å². The van der Waals surface area contributed by atoms with Gasteiger partial charge in [-0.05, 0) is 37.0 Å². The van der Waals surface area contributed by atoms with Gasteiger partial charge in [0.05, 0.1) is 0 Å². The van der Waals surface area contributed by atoms with E-state index in [9.17, 15) is 9.59 Å². The molecule has 0 unspecified atom stereocenters. The van der Waals surface area contributed by atoms with Crippen molar-refractivity contribution in [1.82, 2.24) is 4.90 Å². The van der Waals surface area contributed by atoms with Gasteiger partial charge in [0.15, 0.2) is 0 Å². The van der Waals surface area contributed by atoms with E-state index in [1.807, 2.05) is 24.3 Å². The van der Waals surface area contributed by atoms with Crippen LogP contribution >= 0.6 is 0 Å².